The van der Waals surface area contributed by atoms with Crippen LogP contribution in [0.2, 0.25) is 4.47 Å². The van der Waals surface area contributed by atoms with Crippen LogP contribution in [0.1, 0.15) is 0 Å². The highest BCUT2D eigenvalue weighted by Crippen LogP contribution is 2.25. The van der Waals surface area contributed by atoms with Gasteiger partial charge in [0.15, 0.2) is 11.6 Å². The van der Waals surface area contributed by atoms with E-state index < -0.39 is 0 Å². The fraction of sp³-hybridized carbons (Fsp3) is 0.111. The summed E-state index contributed by atoms with van der Waals surface area (Å²) in [4.78, 5) is 9.21. The molecule has 0 saturated carbocycles. The molecule has 0 spiro atoms. The van der Waals surface area contributed by atoms with E-state index >= 15 is 0 Å². The van der Waals surface area contributed by atoms with Gasteiger partial charge in [-0.1, -0.05) is 11.3 Å². The van der Waals surface area contributed by atoms with E-state index in [1.165, 1.54) is 11.3 Å². The summed E-state index contributed by atoms with van der Waals surface area (Å²) in [5, 5.41) is 0. The zero-order valence-corrected chi connectivity index (χ0v) is 9.06. The number of halogens is 1. The number of pyridine rings is 1. The molecule has 2 rings (SSSR count). The average molecular weight is 228 g/mol. The van der Waals surface area contributed by atoms with Crippen LogP contribution in [0.4, 0.5) is 0 Å². The SMILES string of the molecule is COc1ccc(-c2cnc([ClH+])s2)nc1. The highest BCUT2D eigenvalue weighted by atomic mass is 35.5. The van der Waals surface area contributed by atoms with E-state index in [1.54, 1.807) is 19.5 Å². The minimum Gasteiger partial charge on any atom is -0.495 e. The van der Waals surface area contributed by atoms with Gasteiger partial charge < -0.3 is 4.74 Å². The summed E-state index contributed by atoms with van der Waals surface area (Å²) in [6.07, 6.45) is 3.42. The van der Waals surface area contributed by atoms with Gasteiger partial charge in [-0.15, -0.1) is 0 Å². The fourth-order valence-corrected chi connectivity index (χ4v) is 1.97. The lowest BCUT2D eigenvalue weighted by Crippen LogP contribution is -1.84. The van der Waals surface area contributed by atoms with Crippen molar-refractivity contribution < 1.29 is 16.3 Å². The molecule has 0 aliphatic rings. The molecule has 0 atom stereocenters. The highest BCUT2D eigenvalue weighted by molar-refractivity contribution is 7.14. The largest absolute Gasteiger partial charge is 0.495 e. The van der Waals surface area contributed by atoms with E-state index in [0.29, 0.717) is 4.47 Å². The Morgan fingerprint density at radius 3 is 2.64 bits per heavy atom. The van der Waals surface area contributed by atoms with Crippen LogP contribution in [0.3, 0.4) is 0 Å². The molecule has 0 aliphatic heterocycles. The Labute approximate surface area is 90.3 Å². The first-order valence-corrected chi connectivity index (χ1v) is 5.15. The van der Waals surface area contributed by atoms with E-state index in [-0.39, 0.29) is 0 Å². The molecule has 0 N–H and O–H groups in total. The molecule has 2 heterocycles. The van der Waals surface area contributed by atoms with Crippen LogP contribution >= 0.6 is 11.3 Å². The fourth-order valence-electron chi connectivity index (χ4n) is 1.02. The lowest BCUT2D eigenvalue weighted by Gasteiger charge is -1.98. The Balaban J connectivity index is 2.33. The Bertz CT molecular complexity index is 427. The predicted molar refractivity (Wildman–Crippen MR) is 52.4 cm³/mol. The average Bonchev–Trinajstić information content (AvgIpc) is 2.65. The van der Waals surface area contributed by atoms with Crippen molar-refractivity contribution in [2.45, 2.75) is 0 Å². The first-order valence-electron chi connectivity index (χ1n) is 3.93. The van der Waals surface area contributed by atoms with E-state index in [4.69, 9.17) is 16.3 Å². The maximum atomic E-state index is 5.01. The van der Waals surface area contributed by atoms with Gasteiger partial charge in [0.2, 0.25) is 0 Å². The number of rotatable bonds is 2. The zero-order valence-electron chi connectivity index (χ0n) is 7.43. The third-order valence-electron chi connectivity index (χ3n) is 1.71. The number of ether oxygens (including phenoxy) is 1. The van der Waals surface area contributed by atoms with Gasteiger partial charge in [-0.3, -0.25) is 4.98 Å². The Morgan fingerprint density at radius 2 is 2.14 bits per heavy atom. The second-order valence-electron chi connectivity index (χ2n) is 2.57. The number of aromatic nitrogens is 2. The van der Waals surface area contributed by atoms with E-state index in [2.05, 4.69) is 9.97 Å². The van der Waals surface area contributed by atoms with Crippen molar-refractivity contribution in [3.05, 3.63) is 29.0 Å². The minimum atomic E-state index is 0.637. The van der Waals surface area contributed by atoms with Crippen molar-refractivity contribution in [2.75, 3.05) is 7.11 Å². The van der Waals surface area contributed by atoms with Crippen molar-refractivity contribution in [2.24, 2.45) is 0 Å². The molecule has 0 aromatic carbocycles. The monoisotopic (exact) mass is 227 g/mol. The summed E-state index contributed by atoms with van der Waals surface area (Å²) in [6.45, 7) is 0. The van der Waals surface area contributed by atoms with Crippen molar-refractivity contribution in [3.8, 4) is 16.3 Å². The molecule has 2 aromatic rings. The molecule has 3 nitrogen and oxygen atoms in total. The van der Waals surface area contributed by atoms with Gasteiger partial charge in [-0.05, 0) is 12.1 Å². The molecular weight excluding hydrogens is 220 g/mol. The van der Waals surface area contributed by atoms with Gasteiger partial charge in [0.05, 0.1) is 30.1 Å². The molecule has 0 aliphatic carbocycles. The van der Waals surface area contributed by atoms with Crippen molar-refractivity contribution in [1.29, 1.82) is 0 Å². The number of hydrogen-bond acceptors (Lipinski definition) is 4. The number of hydrogen-bond donors (Lipinski definition) is 0. The molecule has 14 heavy (non-hydrogen) atoms. The first-order chi connectivity index (χ1) is 6.79. The lowest BCUT2D eigenvalue weighted by molar-refractivity contribution is -0.288. The summed E-state index contributed by atoms with van der Waals surface area (Å²) >= 11 is 6.39. The van der Waals surface area contributed by atoms with Crippen molar-refractivity contribution in [3.63, 3.8) is 0 Å². The maximum absolute atomic E-state index is 5.01. The van der Waals surface area contributed by atoms with Crippen LogP contribution in [0.15, 0.2) is 24.5 Å². The van der Waals surface area contributed by atoms with Crippen LogP contribution in [-0.2, 0) is 0 Å². The van der Waals surface area contributed by atoms with E-state index in [0.717, 1.165) is 16.3 Å². The normalized spacial score (nSPS) is 10.1. The molecule has 0 amide bonds. The summed E-state index contributed by atoms with van der Waals surface area (Å²) in [7, 11) is 1.62. The van der Waals surface area contributed by atoms with E-state index in [9.17, 15) is 0 Å². The van der Waals surface area contributed by atoms with Gasteiger partial charge in [0, 0.05) is 0 Å². The van der Waals surface area contributed by atoms with Crippen LogP contribution in [-0.4, -0.2) is 17.1 Å². The Morgan fingerprint density at radius 1 is 1.29 bits per heavy atom. The zero-order chi connectivity index (χ0) is 9.97. The Kier molecular flexibility index (Phi) is 2.65. The first kappa shape index (κ1) is 9.43. The quantitative estimate of drug-likeness (QED) is 0.786. The second-order valence-corrected chi connectivity index (χ2v) is 4.25. The lowest BCUT2D eigenvalue weighted by atomic mass is 10.3. The number of nitrogens with zero attached hydrogens (tertiary/aromatic N) is 2. The van der Waals surface area contributed by atoms with Crippen molar-refractivity contribution >= 4 is 11.3 Å². The highest BCUT2D eigenvalue weighted by Gasteiger charge is 2.07. The summed E-state index contributed by atoms with van der Waals surface area (Å²) < 4.78 is 5.65. The van der Waals surface area contributed by atoms with Crippen molar-refractivity contribution in [1.82, 2.24) is 9.97 Å². The second kappa shape index (κ2) is 3.94. The molecule has 5 heteroatoms. The minimum absolute atomic E-state index is 0.637. The van der Waals surface area contributed by atoms with Gasteiger partial charge in [-0.25, -0.2) is 0 Å². The maximum Gasteiger partial charge on any atom is 0.375 e. The summed E-state index contributed by atoms with van der Waals surface area (Å²) in [5.74, 6) is 0.747. The number of thiazole rings is 1. The standard InChI is InChI=1S/C9H8ClN2OS/c1-13-6-2-3-7(11-4-6)8-5-12-9(10)14-8/h2-5,10H,1H3/q+1. The van der Waals surface area contributed by atoms with Gasteiger partial charge in [-0.2, -0.15) is 4.98 Å². The molecule has 0 saturated heterocycles. The molecule has 0 radical (unpaired) electrons. The molecular formula is C9H8ClN2OS+. The predicted octanol–water partition coefficient (Wildman–Crippen LogP) is 1.91. The molecule has 0 fully saturated rings. The van der Waals surface area contributed by atoms with E-state index in [1.807, 2.05) is 12.1 Å². The van der Waals surface area contributed by atoms with Gasteiger partial charge in [0.1, 0.15) is 5.75 Å². The summed E-state index contributed by atoms with van der Waals surface area (Å²) in [6, 6.07) is 3.76. The third kappa shape index (κ3) is 1.86. The molecule has 0 bridgehead atoms. The third-order valence-corrected chi connectivity index (χ3v) is 2.88. The molecule has 2 aromatic heterocycles. The smallest absolute Gasteiger partial charge is 0.375 e. The van der Waals surface area contributed by atoms with Gasteiger partial charge in [0.25, 0.3) is 0 Å². The Hall–Kier alpha value is -1.13. The number of methoxy groups -OCH3 is 1. The van der Waals surface area contributed by atoms with Crippen LogP contribution < -0.4 is 4.74 Å². The van der Waals surface area contributed by atoms with Gasteiger partial charge >= 0.3 is 4.47 Å². The van der Waals surface area contributed by atoms with Crippen LogP contribution in [0.25, 0.3) is 10.6 Å². The van der Waals surface area contributed by atoms with Crippen LogP contribution in [0, 0.1) is 11.6 Å². The molecule has 72 valence electrons. The topological polar surface area (TPSA) is 35.0 Å². The van der Waals surface area contributed by atoms with Crippen LogP contribution in [0.5, 0.6) is 5.75 Å². The summed E-state index contributed by atoms with van der Waals surface area (Å²) in [5.41, 5.74) is 0.874. The molecule has 0 unspecified atom stereocenters.